The molecule has 120 valence electrons. The summed E-state index contributed by atoms with van der Waals surface area (Å²) in [5.74, 6) is 0.253. The molecule has 0 bridgehead atoms. The predicted molar refractivity (Wildman–Crippen MR) is 86.8 cm³/mol. The summed E-state index contributed by atoms with van der Waals surface area (Å²) in [6, 6.07) is 11.7. The standard InChI is InChI=1S/C17H18N2O4/c1-12-9-13(2)11-14(10-12)23-8-7-18-17(20)15-5-3-4-6-16(15)19(21)22/h3-6,9-11H,7-8H2,1-2H3,(H,18,20). The van der Waals surface area contributed by atoms with E-state index in [4.69, 9.17) is 4.74 Å². The number of rotatable bonds is 6. The third-order valence-corrected chi connectivity index (χ3v) is 3.20. The van der Waals surface area contributed by atoms with Crippen molar-refractivity contribution >= 4 is 11.6 Å². The maximum absolute atomic E-state index is 12.0. The largest absolute Gasteiger partial charge is 0.492 e. The lowest BCUT2D eigenvalue weighted by Crippen LogP contribution is -2.28. The zero-order valence-corrected chi connectivity index (χ0v) is 13.0. The second-order valence-corrected chi connectivity index (χ2v) is 5.20. The van der Waals surface area contributed by atoms with Gasteiger partial charge in [0.15, 0.2) is 0 Å². The Balaban J connectivity index is 1.89. The van der Waals surface area contributed by atoms with Gasteiger partial charge < -0.3 is 10.1 Å². The Morgan fingerprint density at radius 2 is 1.83 bits per heavy atom. The van der Waals surface area contributed by atoms with Crippen molar-refractivity contribution in [2.75, 3.05) is 13.2 Å². The number of amides is 1. The average Bonchev–Trinajstić information content (AvgIpc) is 2.50. The summed E-state index contributed by atoms with van der Waals surface area (Å²) in [5, 5.41) is 13.5. The van der Waals surface area contributed by atoms with E-state index >= 15 is 0 Å². The van der Waals surface area contributed by atoms with Gasteiger partial charge in [-0.05, 0) is 43.2 Å². The summed E-state index contributed by atoms with van der Waals surface area (Å²) in [7, 11) is 0. The van der Waals surface area contributed by atoms with Gasteiger partial charge in [0.2, 0.25) is 0 Å². The van der Waals surface area contributed by atoms with Gasteiger partial charge in [0.1, 0.15) is 17.9 Å². The summed E-state index contributed by atoms with van der Waals surface area (Å²) in [6.07, 6.45) is 0. The van der Waals surface area contributed by atoms with Gasteiger partial charge in [-0.3, -0.25) is 14.9 Å². The van der Waals surface area contributed by atoms with Gasteiger partial charge >= 0.3 is 0 Å². The number of aryl methyl sites for hydroxylation is 2. The molecular formula is C17H18N2O4. The predicted octanol–water partition coefficient (Wildman–Crippen LogP) is 3.02. The van der Waals surface area contributed by atoms with Crippen molar-refractivity contribution in [1.29, 1.82) is 0 Å². The maximum Gasteiger partial charge on any atom is 0.282 e. The molecule has 0 atom stereocenters. The molecule has 0 heterocycles. The summed E-state index contributed by atoms with van der Waals surface area (Å²) in [5.41, 5.74) is 2.04. The van der Waals surface area contributed by atoms with E-state index in [2.05, 4.69) is 5.32 Å². The number of nitrogens with one attached hydrogen (secondary N) is 1. The normalized spacial score (nSPS) is 10.2. The highest BCUT2D eigenvalue weighted by Gasteiger charge is 2.18. The molecule has 1 N–H and O–H groups in total. The van der Waals surface area contributed by atoms with Gasteiger partial charge in [0, 0.05) is 6.07 Å². The molecule has 0 fully saturated rings. The van der Waals surface area contributed by atoms with Crippen LogP contribution in [0.15, 0.2) is 42.5 Å². The number of ether oxygens (including phenoxy) is 1. The number of nitro benzene ring substituents is 1. The van der Waals surface area contributed by atoms with Crippen LogP contribution in [0.4, 0.5) is 5.69 Å². The van der Waals surface area contributed by atoms with Crippen molar-refractivity contribution in [2.45, 2.75) is 13.8 Å². The van der Waals surface area contributed by atoms with Crippen LogP contribution in [0.25, 0.3) is 0 Å². The number of hydrogen-bond acceptors (Lipinski definition) is 4. The highest BCUT2D eigenvalue weighted by atomic mass is 16.6. The first-order chi connectivity index (χ1) is 11.0. The first-order valence-electron chi connectivity index (χ1n) is 7.20. The summed E-state index contributed by atoms with van der Waals surface area (Å²) in [4.78, 5) is 22.4. The highest BCUT2D eigenvalue weighted by molar-refractivity contribution is 5.98. The number of benzene rings is 2. The van der Waals surface area contributed by atoms with Crippen LogP contribution < -0.4 is 10.1 Å². The molecule has 0 spiro atoms. The Morgan fingerprint density at radius 3 is 2.48 bits per heavy atom. The lowest BCUT2D eigenvalue weighted by Gasteiger charge is -2.09. The third kappa shape index (κ3) is 4.54. The Morgan fingerprint density at radius 1 is 1.17 bits per heavy atom. The summed E-state index contributed by atoms with van der Waals surface area (Å²) in [6.45, 7) is 4.51. The fourth-order valence-corrected chi connectivity index (χ4v) is 2.27. The minimum atomic E-state index is -0.569. The van der Waals surface area contributed by atoms with E-state index in [1.165, 1.54) is 18.2 Å². The van der Waals surface area contributed by atoms with Crippen molar-refractivity contribution in [3.05, 3.63) is 69.3 Å². The van der Waals surface area contributed by atoms with Crippen molar-refractivity contribution in [2.24, 2.45) is 0 Å². The lowest BCUT2D eigenvalue weighted by molar-refractivity contribution is -0.385. The Hall–Kier alpha value is -2.89. The molecule has 0 unspecified atom stereocenters. The van der Waals surface area contributed by atoms with Crippen LogP contribution in [-0.2, 0) is 0 Å². The van der Waals surface area contributed by atoms with Crippen molar-refractivity contribution in [3.63, 3.8) is 0 Å². The van der Waals surface area contributed by atoms with Crippen molar-refractivity contribution in [3.8, 4) is 5.75 Å². The second kappa shape index (κ2) is 7.40. The van der Waals surface area contributed by atoms with Crippen LogP contribution in [0.1, 0.15) is 21.5 Å². The van der Waals surface area contributed by atoms with Gasteiger partial charge in [-0.1, -0.05) is 18.2 Å². The average molecular weight is 314 g/mol. The van der Waals surface area contributed by atoms with Gasteiger partial charge in [-0.25, -0.2) is 0 Å². The van der Waals surface area contributed by atoms with Gasteiger partial charge in [0.05, 0.1) is 11.5 Å². The quantitative estimate of drug-likeness (QED) is 0.505. The minimum absolute atomic E-state index is 0.0453. The van der Waals surface area contributed by atoms with E-state index in [0.717, 1.165) is 16.9 Å². The lowest BCUT2D eigenvalue weighted by atomic mass is 10.1. The van der Waals surface area contributed by atoms with Gasteiger partial charge in [-0.15, -0.1) is 0 Å². The molecule has 1 amide bonds. The molecule has 0 saturated heterocycles. The number of carbonyl (C=O) groups is 1. The fourth-order valence-electron chi connectivity index (χ4n) is 2.27. The Bertz CT molecular complexity index is 708. The zero-order valence-electron chi connectivity index (χ0n) is 13.0. The summed E-state index contributed by atoms with van der Waals surface area (Å²) < 4.78 is 5.58. The number of hydrogen-bond donors (Lipinski definition) is 1. The first kappa shape index (κ1) is 16.5. The topological polar surface area (TPSA) is 81.5 Å². The molecule has 0 aliphatic carbocycles. The molecule has 6 heteroatoms. The SMILES string of the molecule is Cc1cc(C)cc(OCCNC(=O)c2ccccc2[N+](=O)[O-])c1. The minimum Gasteiger partial charge on any atom is -0.492 e. The number of para-hydroxylation sites is 1. The number of carbonyl (C=O) groups excluding carboxylic acids is 1. The molecule has 2 aromatic carbocycles. The molecule has 6 nitrogen and oxygen atoms in total. The van der Waals surface area contributed by atoms with E-state index in [1.54, 1.807) is 6.07 Å². The van der Waals surface area contributed by atoms with Crippen LogP contribution in [-0.4, -0.2) is 24.0 Å². The zero-order chi connectivity index (χ0) is 16.8. The molecular weight excluding hydrogens is 296 g/mol. The number of nitro groups is 1. The maximum atomic E-state index is 12.0. The van der Waals surface area contributed by atoms with Crippen molar-refractivity contribution in [1.82, 2.24) is 5.32 Å². The molecule has 2 rings (SSSR count). The van der Waals surface area contributed by atoms with E-state index < -0.39 is 10.8 Å². The van der Waals surface area contributed by atoms with Gasteiger partial charge in [-0.2, -0.15) is 0 Å². The van der Waals surface area contributed by atoms with E-state index in [0.29, 0.717) is 0 Å². The second-order valence-electron chi connectivity index (χ2n) is 5.20. The monoisotopic (exact) mass is 314 g/mol. The van der Waals surface area contributed by atoms with E-state index in [-0.39, 0.29) is 24.4 Å². The van der Waals surface area contributed by atoms with Crippen molar-refractivity contribution < 1.29 is 14.5 Å². The molecule has 0 aliphatic heterocycles. The number of nitrogens with zero attached hydrogens (tertiary/aromatic N) is 1. The Kier molecular flexibility index (Phi) is 5.30. The fraction of sp³-hybridized carbons (Fsp3) is 0.235. The molecule has 0 aliphatic rings. The molecule has 0 radical (unpaired) electrons. The highest BCUT2D eigenvalue weighted by Crippen LogP contribution is 2.17. The summed E-state index contributed by atoms with van der Waals surface area (Å²) >= 11 is 0. The Labute approximate surface area is 134 Å². The smallest absolute Gasteiger partial charge is 0.282 e. The van der Waals surface area contributed by atoms with Crippen LogP contribution in [0, 0.1) is 24.0 Å². The van der Waals surface area contributed by atoms with Crippen LogP contribution >= 0.6 is 0 Å². The molecule has 0 saturated carbocycles. The van der Waals surface area contributed by atoms with E-state index in [9.17, 15) is 14.9 Å². The van der Waals surface area contributed by atoms with Crippen LogP contribution in [0.5, 0.6) is 5.75 Å². The third-order valence-electron chi connectivity index (χ3n) is 3.20. The first-order valence-corrected chi connectivity index (χ1v) is 7.20. The van der Waals surface area contributed by atoms with E-state index in [1.807, 2.05) is 32.0 Å². The van der Waals surface area contributed by atoms with Crippen LogP contribution in [0.2, 0.25) is 0 Å². The van der Waals surface area contributed by atoms with Gasteiger partial charge in [0.25, 0.3) is 11.6 Å². The van der Waals surface area contributed by atoms with Crippen LogP contribution in [0.3, 0.4) is 0 Å². The molecule has 0 aromatic heterocycles. The molecule has 23 heavy (non-hydrogen) atoms. The molecule has 2 aromatic rings.